The summed E-state index contributed by atoms with van der Waals surface area (Å²) in [5.74, 6) is 1.43. The second-order valence-corrected chi connectivity index (χ2v) is 7.36. The number of nitrogens with one attached hydrogen (secondary N) is 2. The van der Waals surface area contributed by atoms with Gasteiger partial charge in [-0.3, -0.25) is 4.79 Å². The Balaban J connectivity index is 1.40. The van der Waals surface area contributed by atoms with E-state index in [4.69, 9.17) is 9.47 Å². The molecule has 4 rings (SSSR count). The number of hydrogen-bond donors (Lipinski definition) is 2. The molecule has 0 aliphatic carbocycles. The summed E-state index contributed by atoms with van der Waals surface area (Å²) in [6.07, 6.45) is 1.44. The summed E-state index contributed by atoms with van der Waals surface area (Å²) in [6, 6.07) is 20.3. The Morgan fingerprint density at radius 3 is 2.38 bits per heavy atom. The number of aromatic nitrogens is 2. The third-order valence-electron chi connectivity index (χ3n) is 5.15. The predicted molar refractivity (Wildman–Crippen MR) is 128 cm³/mol. The Kier molecular flexibility index (Phi) is 6.98. The summed E-state index contributed by atoms with van der Waals surface area (Å²) in [6.45, 7) is 0.298. The zero-order chi connectivity index (χ0) is 23.9. The molecule has 4 aromatic rings. The number of methoxy groups -OCH3 is 2. The van der Waals surface area contributed by atoms with E-state index >= 15 is 0 Å². The van der Waals surface area contributed by atoms with Crippen LogP contribution in [0.15, 0.2) is 79.1 Å². The molecule has 0 saturated carbocycles. The van der Waals surface area contributed by atoms with E-state index in [2.05, 4.69) is 20.6 Å². The average Bonchev–Trinajstić information content (AvgIpc) is 2.88. The Bertz CT molecular complexity index is 1280. The van der Waals surface area contributed by atoms with Crippen LogP contribution in [0.1, 0.15) is 15.9 Å². The number of rotatable bonds is 8. The number of anilines is 2. The molecule has 0 radical (unpaired) electrons. The van der Waals surface area contributed by atoms with E-state index in [9.17, 15) is 9.18 Å². The van der Waals surface area contributed by atoms with Crippen LogP contribution >= 0.6 is 0 Å². The zero-order valence-corrected chi connectivity index (χ0v) is 18.7. The van der Waals surface area contributed by atoms with Crippen LogP contribution in [0.2, 0.25) is 0 Å². The monoisotopic (exact) mass is 458 g/mol. The summed E-state index contributed by atoms with van der Waals surface area (Å²) >= 11 is 0. The summed E-state index contributed by atoms with van der Waals surface area (Å²) in [5, 5.41) is 6.09. The fourth-order valence-electron chi connectivity index (χ4n) is 3.35. The Morgan fingerprint density at radius 2 is 1.68 bits per heavy atom. The lowest BCUT2D eigenvalue weighted by Gasteiger charge is -2.12. The maximum Gasteiger partial charge on any atom is 0.251 e. The minimum Gasteiger partial charge on any atom is -0.497 e. The number of nitrogens with zero attached hydrogens (tertiary/aromatic N) is 2. The fraction of sp³-hybridized carbons (Fsp3) is 0.115. The van der Waals surface area contributed by atoms with Crippen LogP contribution in [0.25, 0.3) is 11.3 Å². The van der Waals surface area contributed by atoms with E-state index in [1.165, 1.54) is 18.5 Å². The Labute approximate surface area is 196 Å². The topological polar surface area (TPSA) is 85.4 Å². The molecule has 3 aromatic carbocycles. The van der Waals surface area contributed by atoms with E-state index in [0.717, 1.165) is 16.8 Å². The molecule has 172 valence electrons. The molecule has 1 aromatic heterocycles. The summed E-state index contributed by atoms with van der Waals surface area (Å²) in [5.41, 5.74) is 3.54. The van der Waals surface area contributed by atoms with Gasteiger partial charge in [0.15, 0.2) is 0 Å². The minimum absolute atomic E-state index is 0.211. The van der Waals surface area contributed by atoms with Crippen molar-refractivity contribution in [2.75, 3.05) is 19.5 Å². The maximum atomic E-state index is 13.2. The zero-order valence-electron chi connectivity index (χ0n) is 18.7. The second-order valence-electron chi connectivity index (χ2n) is 7.36. The van der Waals surface area contributed by atoms with E-state index in [1.54, 1.807) is 68.8 Å². The first-order chi connectivity index (χ1) is 16.6. The third kappa shape index (κ3) is 5.47. The molecule has 0 spiro atoms. The summed E-state index contributed by atoms with van der Waals surface area (Å²) < 4.78 is 23.8. The molecule has 0 atom stereocenters. The molecule has 0 saturated heterocycles. The molecule has 0 aliphatic rings. The first kappa shape index (κ1) is 22.7. The van der Waals surface area contributed by atoms with Crippen LogP contribution in [-0.2, 0) is 6.54 Å². The van der Waals surface area contributed by atoms with E-state index in [1.807, 2.05) is 6.07 Å². The standard InChI is InChI=1S/C26H23FN4O3/c1-33-22-11-12-24(34-2)19(13-22)15-28-26(32)18-5-9-21(10-6-18)31-25-14-23(29-16-30-25)17-3-7-20(27)8-4-17/h3-14,16H,15H2,1-2H3,(H,28,32)(H,29,30,31). The molecule has 0 aliphatic heterocycles. The molecule has 1 heterocycles. The Morgan fingerprint density at radius 1 is 0.912 bits per heavy atom. The van der Waals surface area contributed by atoms with Crippen molar-refractivity contribution < 1.29 is 18.7 Å². The van der Waals surface area contributed by atoms with E-state index < -0.39 is 0 Å². The highest BCUT2D eigenvalue weighted by Crippen LogP contribution is 2.24. The van der Waals surface area contributed by atoms with Gasteiger partial charge in [0.05, 0.1) is 19.9 Å². The SMILES string of the molecule is COc1ccc(OC)c(CNC(=O)c2ccc(Nc3cc(-c4ccc(F)cc4)ncn3)cc2)c1. The lowest BCUT2D eigenvalue weighted by Crippen LogP contribution is -2.23. The van der Waals surface area contributed by atoms with Crippen LogP contribution < -0.4 is 20.1 Å². The molecule has 34 heavy (non-hydrogen) atoms. The first-order valence-corrected chi connectivity index (χ1v) is 10.5. The van der Waals surface area contributed by atoms with Crippen LogP contribution in [0.5, 0.6) is 11.5 Å². The quantitative estimate of drug-likeness (QED) is 0.388. The van der Waals surface area contributed by atoms with Crippen LogP contribution in [-0.4, -0.2) is 30.1 Å². The van der Waals surface area contributed by atoms with E-state index in [0.29, 0.717) is 35.1 Å². The molecule has 1 amide bonds. The number of hydrogen-bond acceptors (Lipinski definition) is 6. The van der Waals surface area contributed by atoms with Gasteiger partial charge in [-0.15, -0.1) is 0 Å². The van der Waals surface area contributed by atoms with Crippen molar-refractivity contribution in [2.24, 2.45) is 0 Å². The highest BCUT2D eigenvalue weighted by atomic mass is 19.1. The van der Waals surface area contributed by atoms with Crippen molar-refractivity contribution in [2.45, 2.75) is 6.54 Å². The van der Waals surface area contributed by atoms with E-state index in [-0.39, 0.29) is 11.7 Å². The van der Waals surface area contributed by atoms with Gasteiger partial charge in [0.2, 0.25) is 0 Å². The van der Waals surface area contributed by atoms with Crippen molar-refractivity contribution in [1.29, 1.82) is 0 Å². The van der Waals surface area contributed by atoms with Gasteiger partial charge >= 0.3 is 0 Å². The van der Waals surface area contributed by atoms with Gasteiger partial charge in [-0.25, -0.2) is 14.4 Å². The molecule has 2 N–H and O–H groups in total. The third-order valence-corrected chi connectivity index (χ3v) is 5.15. The van der Waals surface area contributed by atoms with Crippen LogP contribution in [0, 0.1) is 5.82 Å². The molecule has 0 fully saturated rings. The highest BCUT2D eigenvalue weighted by molar-refractivity contribution is 5.94. The van der Waals surface area contributed by atoms with Gasteiger partial charge in [-0.2, -0.15) is 0 Å². The van der Waals surface area contributed by atoms with Gasteiger partial charge in [0.1, 0.15) is 29.5 Å². The number of benzene rings is 3. The fourth-order valence-corrected chi connectivity index (χ4v) is 3.35. The van der Waals surface area contributed by atoms with Crippen molar-refractivity contribution in [3.05, 3.63) is 96.1 Å². The van der Waals surface area contributed by atoms with Crippen molar-refractivity contribution in [3.8, 4) is 22.8 Å². The van der Waals surface area contributed by atoms with Crippen LogP contribution in [0.3, 0.4) is 0 Å². The first-order valence-electron chi connectivity index (χ1n) is 10.5. The van der Waals surface area contributed by atoms with Crippen molar-refractivity contribution in [1.82, 2.24) is 15.3 Å². The number of halogens is 1. The van der Waals surface area contributed by atoms with Gasteiger partial charge < -0.3 is 20.1 Å². The highest BCUT2D eigenvalue weighted by Gasteiger charge is 2.10. The molecule has 8 heteroatoms. The molecule has 7 nitrogen and oxygen atoms in total. The molecule has 0 bridgehead atoms. The number of ether oxygens (including phenoxy) is 2. The number of amides is 1. The summed E-state index contributed by atoms with van der Waals surface area (Å²) in [7, 11) is 3.17. The van der Waals surface area contributed by atoms with Crippen LogP contribution in [0.4, 0.5) is 15.9 Å². The molecular weight excluding hydrogens is 435 g/mol. The smallest absolute Gasteiger partial charge is 0.251 e. The van der Waals surface area contributed by atoms with Gasteiger partial charge in [-0.05, 0) is 66.7 Å². The van der Waals surface area contributed by atoms with Gasteiger partial charge in [0.25, 0.3) is 5.91 Å². The maximum absolute atomic E-state index is 13.2. The minimum atomic E-state index is -0.303. The molecular formula is C26H23FN4O3. The molecule has 0 unspecified atom stereocenters. The van der Waals surface area contributed by atoms with Crippen molar-refractivity contribution in [3.63, 3.8) is 0 Å². The normalized spacial score (nSPS) is 10.4. The average molecular weight is 458 g/mol. The number of carbonyl (C=O) groups is 1. The lowest BCUT2D eigenvalue weighted by atomic mass is 10.1. The van der Waals surface area contributed by atoms with Gasteiger partial charge in [0, 0.05) is 35.0 Å². The largest absolute Gasteiger partial charge is 0.497 e. The Hall–Kier alpha value is -4.46. The number of carbonyl (C=O) groups excluding carboxylic acids is 1. The van der Waals surface area contributed by atoms with Crippen molar-refractivity contribution >= 4 is 17.4 Å². The second kappa shape index (κ2) is 10.4. The summed E-state index contributed by atoms with van der Waals surface area (Å²) in [4.78, 5) is 21.1. The lowest BCUT2D eigenvalue weighted by molar-refractivity contribution is 0.0950. The predicted octanol–water partition coefficient (Wildman–Crippen LogP) is 4.97. The van der Waals surface area contributed by atoms with Gasteiger partial charge in [-0.1, -0.05) is 0 Å².